The SMILES string of the molecule is CC1CC(C(=O)O)CC(c2cncnc2)N1. The fraction of sp³-hybridized carbons (Fsp3) is 0.545. The van der Waals surface area contributed by atoms with Crippen molar-refractivity contribution < 1.29 is 9.90 Å². The fourth-order valence-corrected chi connectivity index (χ4v) is 2.21. The molecule has 0 aliphatic carbocycles. The minimum absolute atomic E-state index is 0.0473. The number of carboxylic acids is 1. The molecular weight excluding hydrogens is 206 g/mol. The van der Waals surface area contributed by atoms with Crippen molar-refractivity contribution in [2.75, 3.05) is 0 Å². The Morgan fingerprint density at radius 2 is 2.12 bits per heavy atom. The van der Waals surface area contributed by atoms with Gasteiger partial charge in [0.05, 0.1) is 5.92 Å². The molecule has 0 bridgehead atoms. The van der Waals surface area contributed by atoms with E-state index in [4.69, 9.17) is 5.11 Å². The molecule has 2 heterocycles. The van der Waals surface area contributed by atoms with E-state index in [1.54, 1.807) is 12.4 Å². The zero-order chi connectivity index (χ0) is 11.5. The molecule has 1 aliphatic rings. The molecule has 16 heavy (non-hydrogen) atoms. The molecule has 1 fully saturated rings. The third kappa shape index (κ3) is 2.36. The molecule has 1 aromatic heterocycles. The number of piperidine rings is 1. The van der Waals surface area contributed by atoms with Gasteiger partial charge in [-0.05, 0) is 19.8 Å². The lowest BCUT2D eigenvalue weighted by molar-refractivity contribution is -0.143. The first-order chi connectivity index (χ1) is 7.66. The predicted octanol–water partition coefficient (Wildman–Crippen LogP) is 0.990. The second kappa shape index (κ2) is 4.57. The molecule has 2 N–H and O–H groups in total. The fourth-order valence-electron chi connectivity index (χ4n) is 2.21. The Kier molecular flexibility index (Phi) is 3.14. The van der Waals surface area contributed by atoms with E-state index in [1.165, 1.54) is 6.33 Å². The predicted molar refractivity (Wildman–Crippen MR) is 57.7 cm³/mol. The standard InChI is InChI=1S/C11H15N3O2/c1-7-2-8(11(15)16)3-10(14-7)9-4-12-6-13-5-9/h4-8,10,14H,2-3H2,1H3,(H,15,16). The van der Waals surface area contributed by atoms with E-state index >= 15 is 0 Å². The van der Waals surface area contributed by atoms with Gasteiger partial charge in [0.15, 0.2) is 0 Å². The molecular formula is C11H15N3O2. The van der Waals surface area contributed by atoms with Gasteiger partial charge in [0, 0.05) is 30.0 Å². The summed E-state index contributed by atoms with van der Waals surface area (Å²) in [6, 6.07) is 0.256. The van der Waals surface area contributed by atoms with Crippen molar-refractivity contribution >= 4 is 5.97 Å². The van der Waals surface area contributed by atoms with E-state index in [9.17, 15) is 4.79 Å². The van der Waals surface area contributed by atoms with Gasteiger partial charge in [-0.1, -0.05) is 0 Å². The highest BCUT2D eigenvalue weighted by molar-refractivity contribution is 5.70. The van der Waals surface area contributed by atoms with Crippen LogP contribution in [0.2, 0.25) is 0 Å². The molecule has 86 valence electrons. The molecule has 5 nitrogen and oxygen atoms in total. The molecule has 0 amide bonds. The highest BCUT2D eigenvalue weighted by Crippen LogP contribution is 2.29. The van der Waals surface area contributed by atoms with Crippen LogP contribution in [0, 0.1) is 5.92 Å². The lowest BCUT2D eigenvalue weighted by Gasteiger charge is -2.32. The van der Waals surface area contributed by atoms with Gasteiger partial charge in [-0.25, -0.2) is 9.97 Å². The Bertz CT molecular complexity index is 369. The highest BCUT2D eigenvalue weighted by atomic mass is 16.4. The number of nitrogens with one attached hydrogen (secondary N) is 1. The smallest absolute Gasteiger partial charge is 0.306 e. The van der Waals surface area contributed by atoms with Crippen LogP contribution in [0.4, 0.5) is 0 Å². The molecule has 0 saturated carbocycles. The van der Waals surface area contributed by atoms with Crippen LogP contribution in [-0.4, -0.2) is 27.1 Å². The maximum Gasteiger partial charge on any atom is 0.306 e. The zero-order valence-electron chi connectivity index (χ0n) is 9.13. The summed E-state index contributed by atoms with van der Waals surface area (Å²) in [7, 11) is 0. The van der Waals surface area contributed by atoms with Gasteiger partial charge in [0.1, 0.15) is 6.33 Å². The van der Waals surface area contributed by atoms with Gasteiger partial charge >= 0.3 is 5.97 Å². The molecule has 0 spiro atoms. The number of hydrogen-bond donors (Lipinski definition) is 2. The number of aliphatic carboxylic acids is 1. The molecule has 1 aromatic rings. The topological polar surface area (TPSA) is 75.1 Å². The normalized spacial score (nSPS) is 29.9. The van der Waals surface area contributed by atoms with Crippen LogP contribution in [0.25, 0.3) is 0 Å². The van der Waals surface area contributed by atoms with Gasteiger partial charge in [-0.15, -0.1) is 0 Å². The van der Waals surface area contributed by atoms with Crippen molar-refractivity contribution in [2.24, 2.45) is 5.92 Å². The molecule has 1 saturated heterocycles. The minimum Gasteiger partial charge on any atom is -0.481 e. The van der Waals surface area contributed by atoms with E-state index < -0.39 is 5.97 Å². The van der Waals surface area contributed by atoms with Crippen molar-refractivity contribution in [1.29, 1.82) is 0 Å². The van der Waals surface area contributed by atoms with Crippen molar-refractivity contribution in [3.8, 4) is 0 Å². The number of aromatic nitrogens is 2. The molecule has 0 aromatic carbocycles. The number of carbonyl (C=O) groups is 1. The third-order valence-electron chi connectivity index (χ3n) is 2.98. The lowest BCUT2D eigenvalue weighted by atomic mass is 9.86. The van der Waals surface area contributed by atoms with E-state index in [0.29, 0.717) is 12.8 Å². The Balaban J connectivity index is 2.14. The van der Waals surface area contributed by atoms with Crippen LogP contribution in [0.1, 0.15) is 31.4 Å². The van der Waals surface area contributed by atoms with Crippen LogP contribution in [0.3, 0.4) is 0 Å². The third-order valence-corrected chi connectivity index (χ3v) is 2.98. The summed E-state index contributed by atoms with van der Waals surface area (Å²) in [6.45, 7) is 2.01. The van der Waals surface area contributed by atoms with Gasteiger partial charge in [0.2, 0.25) is 0 Å². The summed E-state index contributed by atoms with van der Waals surface area (Å²) in [6.07, 6.45) is 6.24. The van der Waals surface area contributed by atoms with Gasteiger partial charge in [0.25, 0.3) is 0 Å². The summed E-state index contributed by atoms with van der Waals surface area (Å²) >= 11 is 0. The number of rotatable bonds is 2. The molecule has 1 aliphatic heterocycles. The largest absolute Gasteiger partial charge is 0.481 e. The average molecular weight is 221 g/mol. The van der Waals surface area contributed by atoms with E-state index in [2.05, 4.69) is 15.3 Å². The summed E-state index contributed by atoms with van der Waals surface area (Å²) in [4.78, 5) is 18.9. The summed E-state index contributed by atoms with van der Waals surface area (Å²) in [5.74, 6) is -0.989. The summed E-state index contributed by atoms with van der Waals surface area (Å²) in [5.41, 5.74) is 0.959. The van der Waals surface area contributed by atoms with Gasteiger partial charge in [-0.2, -0.15) is 0 Å². The van der Waals surface area contributed by atoms with Crippen molar-refractivity contribution in [3.05, 3.63) is 24.3 Å². The first kappa shape index (κ1) is 11.0. The van der Waals surface area contributed by atoms with E-state index in [1.807, 2.05) is 6.92 Å². The molecule has 2 rings (SSSR count). The van der Waals surface area contributed by atoms with Gasteiger partial charge < -0.3 is 10.4 Å². The second-order valence-corrected chi connectivity index (χ2v) is 4.30. The molecule has 3 atom stereocenters. The first-order valence-corrected chi connectivity index (χ1v) is 5.40. The monoisotopic (exact) mass is 221 g/mol. The van der Waals surface area contributed by atoms with Gasteiger partial charge in [-0.3, -0.25) is 4.79 Å². The summed E-state index contributed by atoms with van der Waals surface area (Å²) in [5, 5.41) is 12.4. The highest BCUT2D eigenvalue weighted by Gasteiger charge is 2.31. The lowest BCUT2D eigenvalue weighted by Crippen LogP contribution is -2.41. The maximum absolute atomic E-state index is 11.0. The van der Waals surface area contributed by atoms with Crippen molar-refractivity contribution in [2.45, 2.75) is 31.8 Å². The minimum atomic E-state index is -0.713. The molecule has 3 unspecified atom stereocenters. The average Bonchev–Trinajstić information content (AvgIpc) is 2.29. The quantitative estimate of drug-likeness (QED) is 0.779. The second-order valence-electron chi connectivity index (χ2n) is 4.30. The Morgan fingerprint density at radius 3 is 2.75 bits per heavy atom. The van der Waals surface area contributed by atoms with Crippen LogP contribution < -0.4 is 5.32 Å². The zero-order valence-corrected chi connectivity index (χ0v) is 9.13. The summed E-state index contributed by atoms with van der Waals surface area (Å²) < 4.78 is 0. The molecule has 0 radical (unpaired) electrons. The first-order valence-electron chi connectivity index (χ1n) is 5.40. The number of nitrogens with zero attached hydrogens (tertiary/aromatic N) is 2. The van der Waals surface area contributed by atoms with Crippen molar-refractivity contribution in [3.63, 3.8) is 0 Å². The Morgan fingerprint density at radius 1 is 1.44 bits per heavy atom. The van der Waals surface area contributed by atoms with Crippen LogP contribution >= 0.6 is 0 Å². The Hall–Kier alpha value is -1.49. The van der Waals surface area contributed by atoms with Crippen LogP contribution in [-0.2, 0) is 4.79 Å². The van der Waals surface area contributed by atoms with Crippen LogP contribution in [0.15, 0.2) is 18.7 Å². The van der Waals surface area contributed by atoms with E-state index in [0.717, 1.165) is 5.56 Å². The maximum atomic E-state index is 11.0. The van der Waals surface area contributed by atoms with Crippen molar-refractivity contribution in [1.82, 2.24) is 15.3 Å². The van der Waals surface area contributed by atoms with Crippen LogP contribution in [0.5, 0.6) is 0 Å². The molecule has 5 heteroatoms. The number of carboxylic acid groups (broad SMARTS) is 1. The van der Waals surface area contributed by atoms with E-state index in [-0.39, 0.29) is 18.0 Å². The number of hydrogen-bond acceptors (Lipinski definition) is 4. The Labute approximate surface area is 93.9 Å².